The first-order chi connectivity index (χ1) is 9.95. The molecule has 10 heteroatoms. The Bertz CT molecular complexity index is 906. The second-order valence-corrected chi connectivity index (χ2v) is 6.15. The summed E-state index contributed by atoms with van der Waals surface area (Å²) < 4.78 is 26.6. The Morgan fingerprint density at radius 3 is 2.62 bits per heavy atom. The first-order valence-corrected chi connectivity index (χ1v) is 7.57. The average Bonchev–Trinajstić information content (AvgIpc) is 2.87. The molecule has 3 aromatic rings. The molecule has 0 amide bonds. The predicted molar refractivity (Wildman–Crippen MR) is 78.4 cm³/mol. The summed E-state index contributed by atoms with van der Waals surface area (Å²) in [7, 11) is -3.83. The molecule has 1 aromatic carbocycles. The van der Waals surface area contributed by atoms with Crippen LogP contribution in [0.15, 0.2) is 35.5 Å². The van der Waals surface area contributed by atoms with Gasteiger partial charge in [-0.2, -0.15) is 9.97 Å². The molecular weight excluding hydrogens is 316 g/mol. The molecule has 2 aromatic heterocycles. The molecule has 4 N–H and O–H groups in total. The zero-order chi connectivity index (χ0) is 15.0. The van der Waals surface area contributed by atoms with Crippen molar-refractivity contribution in [2.45, 2.75) is 4.90 Å². The molecule has 108 valence electrons. The highest BCUT2D eigenvalue weighted by Crippen LogP contribution is 2.20. The largest absolute Gasteiger partial charge is 0.399 e. The van der Waals surface area contributed by atoms with Crippen LogP contribution in [-0.2, 0) is 10.0 Å². The lowest BCUT2D eigenvalue weighted by atomic mass is 10.3. The molecule has 0 atom stereocenters. The number of hydrogen-bond donors (Lipinski definition) is 3. The molecule has 21 heavy (non-hydrogen) atoms. The first-order valence-electron chi connectivity index (χ1n) is 5.71. The van der Waals surface area contributed by atoms with Gasteiger partial charge in [0.05, 0.1) is 11.2 Å². The van der Waals surface area contributed by atoms with E-state index < -0.39 is 10.0 Å². The summed E-state index contributed by atoms with van der Waals surface area (Å²) >= 11 is 5.93. The number of hydrogen-bond acceptors (Lipinski definition) is 6. The van der Waals surface area contributed by atoms with Crippen molar-refractivity contribution in [3.8, 4) is 0 Å². The van der Waals surface area contributed by atoms with E-state index in [-0.39, 0.29) is 21.6 Å². The Hall–Kier alpha value is -2.39. The summed E-state index contributed by atoms with van der Waals surface area (Å²) in [6.07, 6.45) is 1.39. The van der Waals surface area contributed by atoms with Crippen molar-refractivity contribution in [3.63, 3.8) is 0 Å². The lowest BCUT2D eigenvalue weighted by molar-refractivity contribution is 0.601. The Labute approximate surface area is 124 Å². The van der Waals surface area contributed by atoms with E-state index in [2.05, 4.69) is 24.7 Å². The van der Waals surface area contributed by atoms with Crippen molar-refractivity contribution in [1.82, 2.24) is 19.9 Å². The van der Waals surface area contributed by atoms with Crippen LogP contribution in [0.3, 0.4) is 0 Å². The van der Waals surface area contributed by atoms with Crippen LogP contribution in [0.1, 0.15) is 0 Å². The predicted octanol–water partition coefficient (Wildman–Crippen LogP) is 1.39. The third kappa shape index (κ3) is 2.60. The number of nitrogen functional groups attached to an aromatic ring is 1. The summed E-state index contributed by atoms with van der Waals surface area (Å²) in [4.78, 5) is 14.6. The summed E-state index contributed by atoms with van der Waals surface area (Å²) in [5.41, 5.74) is 6.69. The number of benzene rings is 1. The number of halogens is 1. The molecule has 0 saturated carbocycles. The minimum atomic E-state index is -3.83. The van der Waals surface area contributed by atoms with Crippen LogP contribution in [0.2, 0.25) is 5.15 Å². The highest BCUT2D eigenvalue weighted by atomic mass is 35.5. The molecular formula is C11H9ClN6O2S. The zero-order valence-corrected chi connectivity index (χ0v) is 12.0. The molecule has 0 aliphatic rings. The van der Waals surface area contributed by atoms with Gasteiger partial charge in [-0.1, -0.05) is 11.6 Å². The lowest BCUT2D eigenvalue weighted by Gasteiger charge is -2.07. The van der Waals surface area contributed by atoms with Crippen LogP contribution in [0.4, 0.5) is 11.6 Å². The molecule has 0 fully saturated rings. The van der Waals surface area contributed by atoms with Crippen LogP contribution in [-0.4, -0.2) is 28.4 Å². The van der Waals surface area contributed by atoms with Gasteiger partial charge in [-0.25, -0.2) is 18.1 Å². The number of aromatic amines is 1. The molecule has 8 nitrogen and oxygen atoms in total. The van der Waals surface area contributed by atoms with Gasteiger partial charge in [-0.05, 0) is 24.3 Å². The van der Waals surface area contributed by atoms with Gasteiger partial charge in [0.1, 0.15) is 5.52 Å². The fraction of sp³-hybridized carbons (Fsp3) is 0. The number of H-pyrrole nitrogens is 1. The Morgan fingerprint density at radius 1 is 1.19 bits per heavy atom. The average molecular weight is 325 g/mol. The third-order valence-electron chi connectivity index (χ3n) is 2.66. The van der Waals surface area contributed by atoms with Gasteiger partial charge in [-0.15, -0.1) is 0 Å². The number of nitrogens with zero attached hydrogens (tertiary/aromatic N) is 3. The topological polar surface area (TPSA) is 127 Å². The third-order valence-corrected chi connectivity index (χ3v) is 4.28. The Balaban J connectivity index is 1.98. The molecule has 0 spiro atoms. The Morgan fingerprint density at radius 2 is 1.90 bits per heavy atom. The highest BCUT2D eigenvalue weighted by Gasteiger charge is 2.17. The number of nitrogens with one attached hydrogen (secondary N) is 2. The summed E-state index contributed by atoms with van der Waals surface area (Å²) in [5.74, 6) is -0.156. The standard InChI is InChI=1S/C11H9ClN6O2S/c12-9-8-10(15-5-14-8)17-11(16-9)18-21(19,20)7-3-1-6(13)2-4-7/h1-5H,13H2,(H2,14,15,16,17,18). The molecule has 3 rings (SSSR count). The minimum absolute atomic E-state index is 0.0403. The van der Waals surface area contributed by atoms with Crippen LogP contribution in [0, 0.1) is 0 Å². The van der Waals surface area contributed by atoms with E-state index >= 15 is 0 Å². The molecule has 0 radical (unpaired) electrons. The van der Waals surface area contributed by atoms with Crippen LogP contribution in [0.5, 0.6) is 0 Å². The number of nitrogens with two attached hydrogens (primary N) is 1. The maximum absolute atomic E-state index is 12.2. The van der Waals surface area contributed by atoms with Gasteiger partial charge < -0.3 is 10.7 Å². The van der Waals surface area contributed by atoms with Gasteiger partial charge in [0.25, 0.3) is 10.0 Å². The Kier molecular flexibility index (Phi) is 3.15. The maximum Gasteiger partial charge on any atom is 0.264 e. The van der Waals surface area contributed by atoms with Gasteiger partial charge in [0.2, 0.25) is 5.95 Å². The molecule has 0 bridgehead atoms. The van der Waals surface area contributed by atoms with E-state index in [0.717, 1.165) is 0 Å². The normalized spacial score (nSPS) is 11.7. The van der Waals surface area contributed by atoms with Crippen LogP contribution >= 0.6 is 11.6 Å². The SMILES string of the molecule is Nc1ccc(S(=O)(=O)Nc2nc(Cl)c3[nH]cnc3n2)cc1. The van der Waals surface area contributed by atoms with Gasteiger partial charge in [-0.3, -0.25) is 0 Å². The van der Waals surface area contributed by atoms with Crippen molar-refractivity contribution in [3.05, 3.63) is 35.7 Å². The monoisotopic (exact) mass is 324 g/mol. The van der Waals surface area contributed by atoms with Crippen molar-refractivity contribution < 1.29 is 8.42 Å². The second-order valence-electron chi connectivity index (χ2n) is 4.11. The van der Waals surface area contributed by atoms with Gasteiger partial charge >= 0.3 is 0 Å². The van der Waals surface area contributed by atoms with Crippen LogP contribution < -0.4 is 10.5 Å². The number of anilines is 2. The van der Waals surface area contributed by atoms with Crippen molar-refractivity contribution in [2.75, 3.05) is 10.5 Å². The lowest BCUT2D eigenvalue weighted by Crippen LogP contribution is -2.15. The number of aromatic nitrogens is 4. The highest BCUT2D eigenvalue weighted by molar-refractivity contribution is 7.92. The van der Waals surface area contributed by atoms with Crippen LogP contribution in [0.25, 0.3) is 11.2 Å². The van der Waals surface area contributed by atoms with E-state index in [1.807, 2.05) is 0 Å². The van der Waals surface area contributed by atoms with E-state index in [0.29, 0.717) is 11.2 Å². The molecule has 0 aliphatic carbocycles. The van der Waals surface area contributed by atoms with Crippen molar-refractivity contribution in [2.24, 2.45) is 0 Å². The molecule has 0 saturated heterocycles. The van der Waals surface area contributed by atoms with Gasteiger partial charge in [0.15, 0.2) is 10.8 Å². The number of sulfonamides is 1. The summed E-state index contributed by atoms with van der Waals surface area (Å²) in [6, 6.07) is 5.73. The van der Waals surface area contributed by atoms with E-state index in [4.69, 9.17) is 17.3 Å². The fourth-order valence-electron chi connectivity index (χ4n) is 1.67. The number of imidazole rings is 1. The minimum Gasteiger partial charge on any atom is -0.399 e. The maximum atomic E-state index is 12.2. The smallest absolute Gasteiger partial charge is 0.264 e. The summed E-state index contributed by atoms with van der Waals surface area (Å²) in [5, 5.41) is 0.0764. The molecule has 0 unspecified atom stereocenters. The van der Waals surface area contributed by atoms with Gasteiger partial charge in [0, 0.05) is 5.69 Å². The molecule has 2 heterocycles. The number of fused-ring (bicyclic) bond motifs is 1. The summed E-state index contributed by atoms with van der Waals surface area (Å²) in [6.45, 7) is 0. The second kappa shape index (κ2) is 4.86. The molecule has 0 aliphatic heterocycles. The quantitative estimate of drug-likeness (QED) is 0.493. The van der Waals surface area contributed by atoms with Crippen molar-refractivity contribution in [1.29, 1.82) is 0 Å². The number of rotatable bonds is 3. The van der Waals surface area contributed by atoms with Crippen molar-refractivity contribution >= 4 is 44.4 Å². The first kappa shape index (κ1) is 13.6. The van der Waals surface area contributed by atoms with E-state index in [1.165, 1.54) is 30.6 Å². The van der Waals surface area contributed by atoms with E-state index in [9.17, 15) is 8.42 Å². The zero-order valence-electron chi connectivity index (χ0n) is 10.4. The van der Waals surface area contributed by atoms with E-state index in [1.54, 1.807) is 0 Å². The fourth-order valence-corrected chi connectivity index (χ4v) is 2.83.